The zero-order valence-electron chi connectivity index (χ0n) is 20.4. The van der Waals surface area contributed by atoms with Gasteiger partial charge in [0.05, 0.1) is 11.0 Å². The van der Waals surface area contributed by atoms with E-state index in [4.69, 9.17) is 32.7 Å². The number of rotatable bonds is 5. The minimum absolute atomic E-state index is 0.102. The minimum atomic E-state index is -0.604. The first-order valence-corrected chi connectivity index (χ1v) is 11.9. The van der Waals surface area contributed by atoms with Crippen molar-refractivity contribution in [2.75, 3.05) is 6.61 Å². The van der Waals surface area contributed by atoms with Gasteiger partial charge in [-0.1, -0.05) is 59.6 Å². The Bertz CT molecular complexity index is 1170. The van der Waals surface area contributed by atoms with E-state index in [0.29, 0.717) is 10.0 Å². The van der Waals surface area contributed by atoms with Gasteiger partial charge in [-0.25, -0.2) is 0 Å². The van der Waals surface area contributed by atoms with Crippen LogP contribution < -0.4 is 0 Å². The number of carbonyl (C=O) groups excluding carboxylic acids is 1. The van der Waals surface area contributed by atoms with Crippen LogP contribution in [-0.2, 0) is 14.3 Å². The second kappa shape index (κ2) is 9.66. The standard InChI is InChI=1S/C28H32Cl2O3/c1-17-14-18-10-8-9-11-20(18)25(21-13-12-19(29)15-22(21)30)24(17)23(33-28(5,6)7)16-32-26(31)27(2,3)4/h8-15,23H,16H2,1-7H3/t23-/m1/s1. The molecular weight excluding hydrogens is 455 g/mol. The molecule has 0 heterocycles. The third-order valence-electron chi connectivity index (χ3n) is 5.29. The number of ether oxygens (including phenoxy) is 2. The smallest absolute Gasteiger partial charge is 0.311 e. The zero-order chi connectivity index (χ0) is 24.6. The van der Waals surface area contributed by atoms with Gasteiger partial charge in [0.15, 0.2) is 0 Å². The topological polar surface area (TPSA) is 35.5 Å². The minimum Gasteiger partial charge on any atom is -0.462 e. The van der Waals surface area contributed by atoms with Crippen LogP contribution in [-0.4, -0.2) is 18.2 Å². The second-order valence-electron chi connectivity index (χ2n) is 10.4. The summed E-state index contributed by atoms with van der Waals surface area (Å²) in [6.45, 7) is 13.7. The Balaban J connectivity index is 2.26. The summed E-state index contributed by atoms with van der Waals surface area (Å²) in [7, 11) is 0. The van der Waals surface area contributed by atoms with Gasteiger partial charge in [-0.2, -0.15) is 0 Å². The number of aryl methyl sites for hydroxylation is 1. The molecule has 5 heteroatoms. The van der Waals surface area contributed by atoms with E-state index < -0.39 is 17.1 Å². The summed E-state index contributed by atoms with van der Waals surface area (Å²) in [6, 6.07) is 15.8. The Labute approximate surface area is 207 Å². The van der Waals surface area contributed by atoms with E-state index in [-0.39, 0.29) is 12.6 Å². The van der Waals surface area contributed by atoms with E-state index in [1.165, 1.54) is 0 Å². The summed E-state index contributed by atoms with van der Waals surface area (Å²) in [4.78, 5) is 12.6. The fraction of sp³-hybridized carbons (Fsp3) is 0.393. The number of benzene rings is 3. The van der Waals surface area contributed by atoms with Gasteiger partial charge in [0, 0.05) is 15.6 Å². The number of fused-ring (bicyclic) bond motifs is 1. The molecule has 0 bridgehead atoms. The Morgan fingerprint density at radius 3 is 2.24 bits per heavy atom. The highest BCUT2D eigenvalue weighted by Crippen LogP contribution is 2.43. The number of esters is 1. The van der Waals surface area contributed by atoms with Gasteiger partial charge in [-0.05, 0) is 88.1 Å². The van der Waals surface area contributed by atoms with Crippen LogP contribution in [0.4, 0.5) is 0 Å². The van der Waals surface area contributed by atoms with Crippen molar-refractivity contribution in [2.45, 2.75) is 60.2 Å². The van der Waals surface area contributed by atoms with Crippen LogP contribution >= 0.6 is 23.2 Å². The molecule has 0 radical (unpaired) electrons. The molecule has 0 aliphatic heterocycles. The van der Waals surface area contributed by atoms with E-state index >= 15 is 0 Å². The van der Waals surface area contributed by atoms with Gasteiger partial charge in [0.2, 0.25) is 0 Å². The molecule has 176 valence electrons. The average Bonchev–Trinajstić information content (AvgIpc) is 2.69. The SMILES string of the molecule is Cc1cc2ccccc2c(-c2ccc(Cl)cc2Cl)c1[C@@H](COC(=O)C(C)(C)C)OC(C)(C)C. The van der Waals surface area contributed by atoms with Crippen LogP contribution in [0.2, 0.25) is 10.0 Å². The van der Waals surface area contributed by atoms with Crippen molar-refractivity contribution < 1.29 is 14.3 Å². The lowest BCUT2D eigenvalue weighted by Crippen LogP contribution is -2.30. The van der Waals surface area contributed by atoms with Crippen molar-refractivity contribution in [1.82, 2.24) is 0 Å². The van der Waals surface area contributed by atoms with E-state index in [2.05, 4.69) is 25.1 Å². The maximum atomic E-state index is 12.6. The van der Waals surface area contributed by atoms with Crippen molar-refractivity contribution in [3.05, 3.63) is 69.7 Å². The van der Waals surface area contributed by atoms with E-state index in [0.717, 1.165) is 33.0 Å². The summed E-state index contributed by atoms with van der Waals surface area (Å²) in [5.74, 6) is -0.269. The summed E-state index contributed by atoms with van der Waals surface area (Å²) in [5, 5.41) is 3.28. The Morgan fingerprint density at radius 1 is 0.970 bits per heavy atom. The molecule has 0 aliphatic carbocycles. The van der Waals surface area contributed by atoms with Crippen LogP contribution in [0.25, 0.3) is 21.9 Å². The van der Waals surface area contributed by atoms with Gasteiger partial charge in [0.1, 0.15) is 12.7 Å². The fourth-order valence-electron chi connectivity index (χ4n) is 3.87. The first kappa shape index (κ1) is 25.6. The van der Waals surface area contributed by atoms with E-state index in [1.807, 2.05) is 65.8 Å². The van der Waals surface area contributed by atoms with Crippen molar-refractivity contribution in [2.24, 2.45) is 5.41 Å². The lowest BCUT2D eigenvalue weighted by molar-refractivity contribution is -0.162. The van der Waals surface area contributed by atoms with E-state index in [9.17, 15) is 4.79 Å². The van der Waals surface area contributed by atoms with Crippen LogP contribution in [0.5, 0.6) is 0 Å². The van der Waals surface area contributed by atoms with Crippen LogP contribution in [0.15, 0.2) is 48.5 Å². The van der Waals surface area contributed by atoms with Crippen molar-refractivity contribution in [1.29, 1.82) is 0 Å². The maximum absolute atomic E-state index is 12.6. The summed E-state index contributed by atoms with van der Waals surface area (Å²) < 4.78 is 12.3. The molecule has 0 saturated heterocycles. The molecule has 0 aliphatic rings. The normalized spacial score (nSPS) is 13.2. The lowest BCUT2D eigenvalue weighted by atomic mass is 9.87. The molecule has 3 rings (SSSR count). The molecule has 0 amide bonds. The summed E-state index contributed by atoms with van der Waals surface area (Å²) >= 11 is 12.9. The van der Waals surface area contributed by atoms with Gasteiger partial charge in [0.25, 0.3) is 0 Å². The quantitative estimate of drug-likeness (QED) is 0.338. The largest absolute Gasteiger partial charge is 0.462 e. The first-order valence-electron chi connectivity index (χ1n) is 11.1. The van der Waals surface area contributed by atoms with Crippen LogP contribution in [0, 0.1) is 12.3 Å². The molecular formula is C28H32Cl2O3. The average molecular weight is 487 g/mol. The number of carbonyl (C=O) groups is 1. The highest BCUT2D eigenvalue weighted by atomic mass is 35.5. The third kappa shape index (κ3) is 6.09. The fourth-order valence-corrected chi connectivity index (χ4v) is 4.38. The molecule has 0 fully saturated rings. The molecule has 0 N–H and O–H groups in total. The maximum Gasteiger partial charge on any atom is 0.311 e. The van der Waals surface area contributed by atoms with Gasteiger partial charge < -0.3 is 9.47 Å². The molecule has 0 unspecified atom stereocenters. The Kier molecular flexibility index (Phi) is 7.48. The zero-order valence-corrected chi connectivity index (χ0v) is 21.9. The highest BCUT2D eigenvalue weighted by molar-refractivity contribution is 6.36. The van der Waals surface area contributed by atoms with Gasteiger partial charge >= 0.3 is 5.97 Å². The molecule has 1 atom stereocenters. The third-order valence-corrected chi connectivity index (χ3v) is 5.84. The number of hydrogen-bond donors (Lipinski definition) is 0. The molecule has 0 spiro atoms. The van der Waals surface area contributed by atoms with Gasteiger partial charge in [-0.3, -0.25) is 4.79 Å². The van der Waals surface area contributed by atoms with Crippen LogP contribution in [0.3, 0.4) is 0 Å². The van der Waals surface area contributed by atoms with E-state index in [1.54, 1.807) is 6.07 Å². The second-order valence-corrected chi connectivity index (χ2v) is 11.2. The molecule has 0 aromatic heterocycles. The first-order chi connectivity index (χ1) is 15.3. The van der Waals surface area contributed by atoms with Crippen molar-refractivity contribution in [3.63, 3.8) is 0 Å². The highest BCUT2D eigenvalue weighted by Gasteiger charge is 2.30. The molecule has 33 heavy (non-hydrogen) atoms. The molecule has 3 aromatic carbocycles. The lowest BCUT2D eigenvalue weighted by Gasteiger charge is -2.31. The molecule has 3 aromatic rings. The molecule has 0 saturated carbocycles. The monoisotopic (exact) mass is 486 g/mol. The van der Waals surface area contributed by atoms with Crippen LogP contribution in [0.1, 0.15) is 58.8 Å². The molecule has 3 nitrogen and oxygen atoms in total. The number of halogens is 2. The summed E-state index contributed by atoms with van der Waals surface area (Å²) in [5.41, 5.74) is 2.75. The Hall–Kier alpha value is -2.07. The van der Waals surface area contributed by atoms with Crippen molar-refractivity contribution in [3.8, 4) is 11.1 Å². The Morgan fingerprint density at radius 2 is 1.64 bits per heavy atom. The predicted octanol–water partition coefficient (Wildman–Crippen LogP) is 8.57. The number of hydrogen-bond acceptors (Lipinski definition) is 3. The van der Waals surface area contributed by atoms with Crippen molar-refractivity contribution >= 4 is 39.9 Å². The van der Waals surface area contributed by atoms with Gasteiger partial charge in [-0.15, -0.1) is 0 Å². The summed E-state index contributed by atoms with van der Waals surface area (Å²) in [6.07, 6.45) is -0.484. The predicted molar refractivity (Wildman–Crippen MR) is 138 cm³/mol.